The zero-order valence-corrected chi connectivity index (χ0v) is 12.5. The van der Waals surface area contributed by atoms with Gasteiger partial charge < -0.3 is 5.73 Å². The summed E-state index contributed by atoms with van der Waals surface area (Å²) < 4.78 is 39.2. The second kappa shape index (κ2) is 7.64. The van der Waals surface area contributed by atoms with Gasteiger partial charge in [0.1, 0.15) is 0 Å². The van der Waals surface area contributed by atoms with E-state index in [1.165, 1.54) is 0 Å². The number of alkyl halides is 3. The van der Waals surface area contributed by atoms with Crippen LogP contribution >= 0.6 is 0 Å². The Kier molecular flexibility index (Phi) is 6.16. The molecule has 1 aromatic heterocycles. The van der Waals surface area contributed by atoms with Crippen molar-refractivity contribution in [3.8, 4) is 11.1 Å². The van der Waals surface area contributed by atoms with E-state index >= 15 is 0 Å². The Morgan fingerprint density at radius 3 is 2.36 bits per heavy atom. The summed E-state index contributed by atoms with van der Waals surface area (Å²) >= 11 is 0. The molecule has 2 N–H and O–H groups in total. The number of aromatic nitrogens is 1. The Morgan fingerprint density at radius 1 is 1.18 bits per heavy atom. The maximum absolute atomic E-state index is 13.1. The van der Waals surface area contributed by atoms with Gasteiger partial charge in [-0.2, -0.15) is 13.2 Å². The first-order chi connectivity index (χ1) is 10.4. The van der Waals surface area contributed by atoms with Gasteiger partial charge in [-0.3, -0.25) is 4.98 Å². The van der Waals surface area contributed by atoms with Crippen molar-refractivity contribution in [1.29, 1.82) is 0 Å². The molecular formula is C17H19F3N2. The highest BCUT2D eigenvalue weighted by molar-refractivity contribution is 5.70. The molecular weight excluding hydrogens is 289 g/mol. The summed E-state index contributed by atoms with van der Waals surface area (Å²) in [7, 11) is 0. The summed E-state index contributed by atoms with van der Waals surface area (Å²) in [6.45, 7) is 7.91. The number of pyridine rings is 1. The van der Waals surface area contributed by atoms with Gasteiger partial charge in [0.25, 0.3) is 0 Å². The third-order valence-electron chi connectivity index (χ3n) is 3.09. The van der Waals surface area contributed by atoms with E-state index in [1.54, 1.807) is 30.6 Å². The second-order valence-corrected chi connectivity index (χ2v) is 4.59. The van der Waals surface area contributed by atoms with Crippen molar-refractivity contribution in [2.75, 3.05) is 5.73 Å². The smallest absolute Gasteiger partial charge is 0.398 e. The lowest BCUT2D eigenvalue weighted by atomic mass is 9.96. The minimum Gasteiger partial charge on any atom is -0.398 e. The van der Waals surface area contributed by atoms with E-state index in [9.17, 15) is 13.2 Å². The highest BCUT2D eigenvalue weighted by atomic mass is 19.4. The van der Waals surface area contributed by atoms with Crippen LogP contribution in [0.4, 0.5) is 18.9 Å². The molecule has 0 amide bonds. The fourth-order valence-electron chi connectivity index (χ4n) is 2.12. The third-order valence-corrected chi connectivity index (χ3v) is 3.09. The number of nitrogens with zero attached hydrogens (tertiary/aromatic N) is 1. The molecule has 22 heavy (non-hydrogen) atoms. The maximum Gasteiger partial charge on any atom is 0.418 e. The van der Waals surface area contributed by atoms with Crippen LogP contribution in [-0.2, 0) is 12.6 Å². The lowest BCUT2D eigenvalue weighted by molar-refractivity contribution is -0.136. The summed E-state index contributed by atoms with van der Waals surface area (Å²) in [6, 6.07) is 6.23. The van der Waals surface area contributed by atoms with E-state index in [-0.39, 0.29) is 5.69 Å². The summed E-state index contributed by atoms with van der Waals surface area (Å²) in [6.07, 6.45) is -0.0777. The molecule has 0 atom stereocenters. The number of nitrogen functional groups attached to an aromatic ring is 1. The molecule has 2 aromatic rings. The number of anilines is 1. The predicted octanol–water partition coefficient (Wildman–Crippen LogP) is 5.10. The Morgan fingerprint density at radius 2 is 1.86 bits per heavy atom. The molecule has 5 heteroatoms. The number of halogens is 3. The van der Waals surface area contributed by atoms with Crippen molar-refractivity contribution < 1.29 is 13.2 Å². The zero-order valence-electron chi connectivity index (χ0n) is 12.5. The van der Waals surface area contributed by atoms with Crippen LogP contribution in [0.5, 0.6) is 0 Å². The van der Waals surface area contributed by atoms with Crippen LogP contribution in [0.1, 0.15) is 24.5 Å². The standard InChI is InChI=1S/C15H15F3N2.C2H4/c1-2-4-10-7-12(11-5-3-6-20-9-11)8-13(14(10)19)15(16,17)18;1-2/h3,5-9H,2,4,19H2,1H3;1-2H2. The van der Waals surface area contributed by atoms with Crippen LogP contribution in [0, 0.1) is 0 Å². The maximum atomic E-state index is 13.1. The van der Waals surface area contributed by atoms with Crippen molar-refractivity contribution in [2.45, 2.75) is 25.9 Å². The van der Waals surface area contributed by atoms with Crippen LogP contribution < -0.4 is 5.73 Å². The minimum absolute atomic E-state index is 0.174. The monoisotopic (exact) mass is 308 g/mol. The van der Waals surface area contributed by atoms with Crippen LogP contribution in [0.2, 0.25) is 0 Å². The molecule has 1 heterocycles. The van der Waals surface area contributed by atoms with Gasteiger partial charge in [-0.1, -0.05) is 19.4 Å². The quantitative estimate of drug-likeness (QED) is 0.632. The Bertz CT molecular complexity index is 607. The first-order valence-electron chi connectivity index (χ1n) is 6.83. The SMILES string of the molecule is C=C.CCCc1cc(-c2cccnc2)cc(C(F)(F)F)c1N. The van der Waals surface area contributed by atoms with Crippen LogP contribution in [-0.4, -0.2) is 4.98 Å². The largest absolute Gasteiger partial charge is 0.418 e. The van der Waals surface area contributed by atoms with E-state index in [4.69, 9.17) is 5.73 Å². The van der Waals surface area contributed by atoms with Gasteiger partial charge >= 0.3 is 6.18 Å². The molecule has 2 nitrogen and oxygen atoms in total. The lowest BCUT2D eigenvalue weighted by Crippen LogP contribution is -2.11. The van der Waals surface area contributed by atoms with Crippen LogP contribution in [0.25, 0.3) is 11.1 Å². The summed E-state index contributed by atoms with van der Waals surface area (Å²) in [5.74, 6) is 0. The molecule has 0 spiro atoms. The fraction of sp³-hybridized carbons (Fsp3) is 0.235. The zero-order chi connectivity index (χ0) is 16.8. The Hall–Kier alpha value is -2.30. The van der Waals surface area contributed by atoms with Crippen molar-refractivity contribution >= 4 is 5.69 Å². The molecule has 0 aliphatic carbocycles. The number of benzene rings is 1. The van der Waals surface area contributed by atoms with Gasteiger partial charge in [0.05, 0.1) is 5.56 Å². The van der Waals surface area contributed by atoms with Gasteiger partial charge in [-0.05, 0) is 35.7 Å². The van der Waals surface area contributed by atoms with Gasteiger partial charge in [0.15, 0.2) is 0 Å². The minimum atomic E-state index is -4.45. The molecule has 118 valence electrons. The highest BCUT2D eigenvalue weighted by Crippen LogP contribution is 2.38. The lowest BCUT2D eigenvalue weighted by Gasteiger charge is -2.16. The Balaban J connectivity index is 0.00000116. The fourth-order valence-corrected chi connectivity index (χ4v) is 2.12. The number of nitrogens with two attached hydrogens (primary N) is 1. The molecule has 0 aliphatic heterocycles. The van der Waals surface area contributed by atoms with E-state index in [0.717, 1.165) is 12.5 Å². The van der Waals surface area contributed by atoms with E-state index in [2.05, 4.69) is 18.1 Å². The normalized spacial score (nSPS) is 10.7. The number of hydrogen-bond donors (Lipinski definition) is 1. The molecule has 2 rings (SSSR count). The highest BCUT2D eigenvalue weighted by Gasteiger charge is 2.34. The van der Waals surface area contributed by atoms with Crippen molar-refractivity contribution in [3.63, 3.8) is 0 Å². The summed E-state index contributed by atoms with van der Waals surface area (Å²) in [4.78, 5) is 3.94. The van der Waals surface area contributed by atoms with Gasteiger partial charge in [0, 0.05) is 23.6 Å². The van der Waals surface area contributed by atoms with Gasteiger partial charge in [-0.15, -0.1) is 13.2 Å². The van der Waals surface area contributed by atoms with E-state index < -0.39 is 11.7 Å². The molecule has 1 aromatic carbocycles. The molecule has 0 fully saturated rings. The van der Waals surface area contributed by atoms with Gasteiger partial charge in [0.2, 0.25) is 0 Å². The summed E-state index contributed by atoms with van der Waals surface area (Å²) in [5.41, 5.74) is 6.38. The average Bonchev–Trinajstić information content (AvgIpc) is 2.51. The number of aryl methyl sites for hydroxylation is 1. The summed E-state index contributed by atoms with van der Waals surface area (Å²) in [5, 5.41) is 0. The number of rotatable bonds is 3. The molecule has 0 saturated carbocycles. The van der Waals surface area contributed by atoms with E-state index in [1.807, 2.05) is 6.92 Å². The molecule has 0 unspecified atom stereocenters. The first kappa shape index (κ1) is 17.8. The number of hydrogen-bond acceptors (Lipinski definition) is 2. The molecule has 0 saturated heterocycles. The first-order valence-corrected chi connectivity index (χ1v) is 6.83. The second-order valence-electron chi connectivity index (χ2n) is 4.59. The van der Waals surface area contributed by atoms with Crippen molar-refractivity contribution in [2.24, 2.45) is 0 Å². The molecule has 0 radical (unpaired) electrons. The van der Waals surface area contributed by atoms with Crippen LogP contribution in [0.15, 0.2) is 49.8 Å². The molecule has 0 aliphatic rings. The van der Waals surface area contributed by atoms with Gasteiger partial charge in [-0.25, -0.2) is 0 Å². The van der Waals surface area contributed by atoms with Crippen molar-refractivity contribution in [3.05, 3.63) is 60.9 Å². The van der Waals surface area contributed by atoms with Crippen LogP contribution in [0.3, 0.4) is 0 Å². The Labute approximate surface area is 128 Å². The van der Waals surface area contributed by atoms with Crippen molar-refractivity contribution in [1.82, 2.24) is 4.98 Å². The average molecular weight is 308 g/mol. The molecule has 0 bridgehead atoms. The third kappa shape index (κ3) is 4.10. The topological polar surface area (TPSA) is 38.9 Å². The van der Waals surface area contributed by atoms with E-state index in [0.29, 0.717) is 23.1 Å². The predicted molar refractivity (Wildman–Crippen MR) is 84.3 cm³/mol.